The van der Waals surface area contributed by atoms with E-state index in [0.717, 1.165) is 24.1 Å². The summed E-state index contributed by atoms with van der Waals surface area (Å²) in [5.41, 5.74) is 3.81. The summed E-state index contributed by atoms with van der Waals surface area (Å²) in [4.78, 5) is 14.8. The maximum Gasteiger partial charge on any atom is 0.257 e. The van der Waals surface area contributed by atoms with Gasteiger partial charge in [-0.3, -0.25) is 4.79 Å². The van der Waals surface area contributed by atoms with E-state index >= 15 is 0 Å². The predicted molar refractivity (Wildman–Crippen MR) is 123 cm³/mol. The van der Waals surface area contributed by atoms with Crippen LogP contribution in [-0.4, -0.2) is 31.1 Å². The summed E-state index contributed by atoms with van der Waals surface area (Å²) in [6.45, 7) is 3.20. The number of nitrogens with one attached hydrogen (secondary N) is 1. The Morgan fingerprint density at radius 3 is 2.52 bits per heavy atom. The summed E-state index contributed by atoms with van der Waals surface area (Å²) in [7, 11) is 1.64. The molecule has 4 rings (SSSR count). The number of carbonyl (C=O) groups is 1. The minimum atomic E-state index is -0.256. The van der Waals surface area contributed by atoms with Gasteiger partial charge in [0, 0.05) is 12.2 Å². The van der Waals surface area contributed by atoms with Crippen molar-refractivity contribution >= 4 is 11.6 Å². The van der Waals surface area contributed by atoms with Gasteiger partial charge in [0.25, 0.3) is 5.91 Å². The molecule has 0 bridgehead atoms. The third kappa shape index (κ3) is 4.50. The molecule has 0 fully saturated rings. The van der Waals surface area contributed by atoms with E-state index < -0.39 is 0 Å². The Labute approximate surface area is 183 Å². The molecule has 5 nitrogen and oxygen atoms in total. The van der Waals surface area contributed by atoms with Crippen LogP contribution in [0.15, 0.2) is 72.8 Å². The van der Waals surface area contributed by atoms with Crippen LogP contribution >= 0.6 is 0 Å². The van der Waals surface area contributed by atoms with Gasteiger partial charge in [-0.15, -0.1) is 0 Å². The topological polar surface area (TPSA) is 50.8 Å². The molecule has 0 aromatic heterocycles. The third-order valence-electron chi connectivity index (χ3n) is 5.58. The van der Waals surface area contributed by atoms with Crippen LogP contribution in [0.25, 0.3) is 0 Å². The molecule has 0 aliphatic carbocycles. The number of hydrogen-bond donors (Lipinski definition) is 1. The average Bonchev–Trinajstić information content (AvgIpc) is 2.82. The molecule has 1 heterocycles. The minimum absolute atomic E-state index is 0.0297. The molecule has 3 aromatic carbocycles. The number of para-hydroxylation sites is 1. The predicted octanol–water partition coefficient (Wildman–Crippen LogP) is 5.29. The van der Waals surface area contributed by atoms with E-state index in [2.05, 4.69) is 29.6 Å². The van der Waals surface area contributed by atoms with Crippen LogP contribution in [0, 0.1) is 0 Å². The molecule has 5 heteroatoms. The minimum Gasteiger partial charge on any atom is -0.493 e. The zero-order valence-corrected chi connectivity index (χ0v) is 18.0. The molecule has 31 heavy (non-hydrogen) atoms. The molecule has 1 aliphatic rings. The number of benzene rings is 3. The van der Waals surface area contributed by atoms with Gasteiger partial charge < -0.3 is 19.7 Å². The summed E-state index contributed by atoms with van der Waals surface area (Å²) in [6, 6.07) is 23.9. The number of aryl methyl sites for hydroxylation is 1. The van der Waals surface area contributed by atoms with Gasteiger partial charge in [0.2, 0.25) is 0 Å². The average molecular weight is 417 g/mol. The second-order valence-corrected chi connectivity index (χ2v) is 7.53. The zero-order chi connectivity index (χ0) is 21.6. The van der Waals surface area contributed by atoms with E-state index in [0.29, 0.717) is 30.2 Å². The van der Waals surface area contributed by atoms with Gasteiger partial charge in [-0.2, -0.15) is 0 Å². The summed E-state index contributed by atoms with van der Waals surface area (Å²) in [6.07, 6.45) is 1.64. The summed E-state index contributed by atoms with van der Waals surface area (Å²) in [5.74, 6) is 1.41. The van der Waals surface area contributed by atoms with Gasteiger partial charge in [0.05, 0.1) is 19.3 Å². The van der Waals surface area contributed by atoms with Crippen LogP contribution in [0.3, 0.4) is 0 Å². The van der Waals surface area contributed by atoms with Crippen molar-refractivity contribution in [3.05, 3.63) is 89.5 Å². The van der Waals surface area contributed by atoms with Gasteiger partial charge >= 0.3 is 0 Å². The number of fused-ring (bicyclic) bond motifs is 1. The number of amides is 1. The van der Waals surface area contributed by atoms with Crippen molar-refractivity contribution in [2.45, 2.75) is 25.9 Å². The number of carbonyl (C=O) groups excluding carboxylic acids is 1. The van der Waals surface area contributed by atoms with Crippen molar-refractivity contribution in [3.8, 4) is 11.5 Å². The molecular weight excluding hydrogens is 388 g/mol. The van der Waals surface area contributed by atoms with Crippen LogP contribution < -0.4 is 14.8 Å². The van der Waals surface area contributed by atoms with Gasteiger partial charge in [-0.25, -0.2) is 0 Å². The monoisotopic (exact) mass is 416 g/mol. The number of anilines is 1. The van der Waals surface area contributed by atoms with Crippen molar-refractivity contribution in [3.63, 3.8) is 0 Å². The van der Waals surface area contributed by atoms with Crippen molar-refractivity contribution in [1.29, 1.82) is 0 Å². The standard InChI is InChI=1S/C26H28N2O3/c1-3-28-25(27-22-14-8-7-13-21(22)26(28)29)20-15-16-23(24(18-20)30-2)31-17-9-12-19-10-5-4-6-11-19/h4-8,10-11,13-16,18,25,27H,3,9,12,17H2,1-2H3. The van der Waals surface area contributed by atoms with Crippen LogP contribution in [-0.2, 0) is 6.42 Å². The van der Waals surface area contributed by atoms with E-state index in [1.807, 2.05) is 60.4 Å². The molecule has 0 saturated carbocycles. The van der Waals surface area contributed by atoms with Crippen LogP contribution in [0.1, 0.15) is 41.0 Å². The van der Waals surface area contributed by atoms with Crippen LogP contribution in [0.2, 0.25) is 0 Å². The lowest BCUT2D eigenvalue weighted by Gasteiger charge is -2.37. The Bertz CT molecular complexity index is 1040. The molecule has 1 aliphatic heterocycles. The molecule has 0 radical (unpaired) electrons. The van der Waals surface area contributed by atoms with E-state index in [4.69, 9.17) is 9.47 Å². The molecule has 3 aromatic rings. The Morgan fingerprint density at radius 1 is 0.968 bits per heavy atom. The first-order chi connectivity index (χ1) is 15.2. The number of ether oxygens (including phenoxy) is 2. The first-order valence-electron chi connectivity index (χ1n) is 10.7. The first-order valence-corrected chi connectivity index (χ1v) is 10.7. The molecule has 1 amide bonds. The lowest BCUT2D eigenvalue weighted by Crippen LogP contribution is -2.42. The van der Waals surface area contributed by atoms with Crippen molar-refractivity contribution in [1.82, 2.24) is 4.90 Å². The third-order valence-corrected chi connectivity index (χ3v) is 5.58. The Hall–Kier alpha value is -3.47. The molecule has 1 N–H and O–H groups in total. The van der Waals surface area contributed by atoms with E-state index in [1.54, 1.807) is 7.11 Å². The van der Waals surface area contributed by atoms with Gasteiger partial charge in [0.15, 0.2) is 11.5 Å². The molecule has 1 atom stereocenters. The smallest absolute Gasteiger partial charge is 0.257 e. The fourth-order valence-electron chi connectivity index (χ4n) is 3.96. The highest BCUT2D eigenvalue weighted by atomic mass is 16.5. The fourth-order valence-corrected chi connectivity index (χ4v) is 3.96. The van der Waals surface area contributed by atoms with Gasteiger partial charge in [0.1, 0.15) is 6.17 Å². The summed E-state index contributed by atoms with van der Waals surface area (Å²) in [5, 5.41) is 3.49. The Morgan fingerprint density at radius 2 is 1.74 bits per heavy atom. The Balaban J connectivity index is 1.47. The maximum absolute atomic E-state index is 13.0. The SMILES string of the molecule is CCN1C(=O)c2ccccc2NC1c1ccc(OCCCc2ccccc2)c(OC)c1. The normalized spacial score (nSPS) is 15.2. The van der Waals surface area contributed by atoms with Crippen molar-refractivity contribution in [2.75, 3.05) is 25.6 Å². The zero-order valence-electron chi connectivity index (χ0n) is 18.0. The van der Waals surface area contributed by atoms with Crippen LogP contribution in [0.5, 0.6) is 11.5 Å². The highest BCUT2D eigenvalue weighted by molar-refractivity contribution is 6.01. The maximum atomic E-state index is 13.0. The number of methoxy groups -OCH3 is 1. The second-order valence-electron chi connectivity index (χ2n) is 7.53. The highest BCUT2D eigenvalue weighted by Crippen LogP contribution is 2.36. The largest absolute Gasteiger partial charge is 0.493 e. The molecule has 0 saturated heterocycles. The molecular formula is C26H28N2O3. The Kier molecular flexibility index (Phi) is 6.41. The molecule has 160 valence electrons. The molecule has 1 unspecified atom stereocenters. The van der Waals surface area contributed by atoms with Crippen molar-refractivity contribution in [2.24, 2.45) is 0 Å². The lowest BCUT2D eigenvalue weighted by atomic mass is 10.0. The van der Waals surface area contributed by atoms with Crippen LogP contribution in [0.4, 0.5) is 5.69 Å². The van der Waals surface area contributed by atoms with Crippen molar-refractivity contribution < 1.29 is 14.3 Å². The highest BCUT2D eigenvalue weighted by Gasteiger charge is 2.32. The lowest BCUT2D eigenvalue weighted by molar-refractivity contribution is 0.0694. The summed E-state index contributed by atoms with van der Waals surface area (Å²) < 4.78 is 11.6. The van der Waals surface area contributed by atoms with E-state index in [-0.39, 0.29) is 12.1 Å². The second kappa shape index (κ2) is 9.56. The first kappa shape index (κ1) is 20.8. The number of nitrogens with zero attached hydrogens (tertiary/aromatic N) is 1. The quantitative estimate of drug-likeness (QED) is 0.507. The molecule has 0 spiro atoms. The number of rotatable bonds is 8. The van der Waals surface area contributed by atoms with Gasteiger partial charge in [-0.1, -0.05) is 48.5 Å². The van der Waals surface area contributed by atoms with Gasteiger partial charge in [-0.05, 0) is 55.2 Å². The van der Waals surface area contributed by atoms with E-state index in [9.17, 15) is 4.79 Å². The fraction of sp³-hybridized carbons (Fsp3) is 0.269. The number of hydrogen-bond acceptors (Lipinski definition) is 4. The van der Waals surface area contributed by atoms with E-state index in [1.165, 1.54) is 5.56 Å². The summed E-state index contributed by atoms with van der Waals surface area (Å²) >= 11 is 0.